The summed E-state index contributed by atoms with van der Waals surface area (Å²) in [5.41, 5.74) is 4.45. The topological polar surface area (TPSA) is 81.6 Å². The number of hydrogen-bond acceptors (Lipinski definition) is 4. The second-order valence-corrected chi connectivity index (χ2v) is 6.02. The van der Waals surface area contributed by atoms with Gasteiger partial charge >= 0.3 is 6.71 Å². The van der Waals surface area contributed by atoms with Crippen LogP contribution >= 0.6 is 0 Å². The van der Waals surface area contributed by atoms with Crippen molar-refractivity contribution in [3.63, 3.8) is 0 Å². The van der Waals surface area contributed by atoms with Crippen molar-refractivity contribution in [1.29, 1.82) is 5.26 Å². The van der Waals surface area contributed by atoms with Gasteiger partial charge in [0.25, 0.3) is 0 Å². The van der Waals surface area contributed by atoms with E-state index in [2.05, 4.69) is 21.3 Å². The summed E-state index contributed by atoms with van der Waals surface area (Å²) in [6.45, 7) is -0.587. The van der Waals surface area contributed by atoms with Gasteiger partial charge in [-0.25, -0.2) is 5.26 Å². The monoisotopic (exact) mass is 326 g/mol. The van der Waals surface area contributed by atoms with Gasteiger partial charge in [0.15, 0.2) is 0 Å². The molecule has 4 rings (SSSR count). The number of benzene rings is 1. The molecule has 1 aliphatic heterocycles. The SMILES string of the molecule is N#CB1CCc2[nH]c(-c3ccccn3)c(Nc3ccccc3)c2C1=O. The molecule has 1 aromatic carbocycles. The van der Waals surface area contributed by atoms with Crippen molar-refractivity contribution < 1.29 is 4.79 Å². The van der Waals surface area contributed by atoms with Crippen LogP contribution in [-0.2, 0) is 6.42 Å². The second-order valence-electron chi connectivity index (χ2n) is 6.02. The third-order valence-corrected chi connectivity index (χ3v) is 4.44. The predicted molar refractivity (Wildman–Crippen MR) is 98.0 cm³/mol. The lowest BCUT2D eigenvalue weighted by Crippen LogP contribution is -2.30. The summed E-state index contributed by atoms with van der Waals surface area (Å²) in [5.74, 6) is 2.13. The van der Waals surface area contributed by atoms with E-state index < -0.39 is 6.71 Å². The van der Waals surface area contributed by atoms with E-state index in [4.69, 9.17) is 0 Å². The van der Waals surface area contributed by atoms with Crippen LogP contribution in [0, 0.1) is 11.2 Å². The molecule has 1 aliphatic rings. The van der Waals surface area contributed by atoms with Crippen LogP contribution < -0.4 is 5.32 Å². The average molecular weight is 326 g/mol. The van der Waals surface area contributed by atoms with Crippen LogP contribution in [0.15, 0.2) is 54.7 Å². The van der Waals surface area contributed by atoms with Gasteiger partial charge in [-0.15, -0.1) is 0 Å². The summed E-state index contributed by atoms with van der Waals surface area (Å²) in [5, 5.41) is 12.6. The molecule has 3 heterocycles. The van der Waals surface area contributed by atoms with Crippen LogP contribution in [0.1, 0.15) is 16.1 Å². The van der Waals surface area contributed by atoms with E-state index in [-0.39, 0.29) is 5.68 Å². The van der Waals surface area contributed by atoms with Crippen LogP contribution in [0.25, 0.3) is 11.4 Å². The lowest BCUT2D eigenvalue weighted by molar-refractivity contribution is 0.107. The standard InChI is InChI=1S/C19H15BN4O/c21-12-20-10-9-14-16(19(20)25)18(23-13-6-2-1-3-7-13)17(24-14)15-8-4-5-11-22-15/h1-8,11,23-24H,9-10H2. The third-order valence-electron chi connectivity index (χ3n) is 4.44. The van der Waals surface area contributed by atoms with Crippen LogP contribution in [-0.4, -0.2) is 22.4 Å². The largest absolute Gasteiger partial charge is 0.355 e. The lowest BCUT2D eigenvalue weighted by atomic mass is 9.41. The van der Waals surface area contributed by atoms with Crippen LogP contribution in [0.4, 0.5) is 11.4 Å². The zero-order valence-corrected chi connectivity index (χ0v) is 13.5. The number of nitriles is 1. The van der Waals surface area contributed by atoms with E-state index in [9.17, 15) is 10.1 Å². The van der Waals surface area contributed by atoms with Crippen molar-refractivity contribution in [3.8, 4) is 17.4 Å². The van der Waals surface area contributed by atoms with Gasteiger partial charge in [-0.1, -0.05) is 24.3 Å². The average Bonchev–Trinajstić information content (AvgIpc) is 3.03. The fourth-order valence-corrected chi connectivity index (χ4v) is 3.22. The number of nitrogens with one attached hydrogen (secondary N) is 2. The van der Waals surface area contributed by atoms with Crippen molar-refractivity contribution in [2.24, 2.45) is 0 Å². The third kappa shape index (κ3) is 2.70. The molecule has 0 fully saturated rings. The highest BCUT2D eigenvalue weighted by Gasteiger charge is 2.36. The summed E-state index contributed by atoms with van der Waals surface area (Å²) in [7, 11) is 0. The molecular weight excluding hydrogens is 311 g/mol. The Balaban J connectivity index is 1.88. The number of aromatic nitrogens is 2. The molecule has 0 amide bonds. The molecule has 3 aromatic rings. The van der Waals surface area contributed by atoms with E-state index in [1.165, 1.54) is 0 Å². The number of hydrogen-bond donors (Lipinski definition) is 2. The van der Waals surface area contributed by atoms with Crippen LogP contribution in [0.3, 0.4) is 0 Å². The van der Waals surface area contributed by atoms with Crippen LogP contribution in [0.2, 0.25) is 6.32 Å². The molecule has 5 nitrogen and oxygen atoms in total. The first-order valence-electron chi connectivity index (χ1n) is 8.20. The highest BCUT2D eigenvalue weighted by Crippen LogP contribution is 2.37. The maximum absolute atomic E-state index is 12.8. The normalized spacial score (nSPS) is 13.2. The van der Waals surface area contributed by atoms with Crippen molar-refractivity contribution in [3.05, 3.63) is 66.0 Å². The van der Waals surface area contributed by atoms with Gasteiger partial charge in [0.05, 0.1) is 22.6 Å². The number of aryl methyl sites for hydroxylation is 1. The fourth-order valence-electron chi connectivity index (χ4n) is 3.22. The summed E-state index contributed by atoms with van der Waals surface area (Å²) < 4.78 is 0. The smallest absolute Gasteiger partial charge is 0.351 e. The first-order chi connectivity index (χ1) is 12.3. The number of fused-ring (bicyclic) bond motifs is 1. The number of para-hydroxylation sites is 1. The number of carbonyl (C=O) groups excluding carboxylic acids is 1. The Morgan fingerprint density at radius 2 is 1.96 bits per heavy atom. The van der Waals surface area contributed by atoms with Crippen molar-refractivity contribution >= 4 is 23.8 Å². The predicted octanol–water partition coefficient (Wildman–Crippen LogP) is 3.66. The molecule has 120 valence electrons. The minimum atomic E-state index is -0.587. The zero-order chi connectivity index (χ0) is 17.2. The minimum Gasteiger partial charge on any atom is -0.355 e. The van der Waals surface area contributed by atoms with Gasteiger partial charge in [0.2, 0.25) is 0 Å². The summed E-state index contributed by atoms with van der Waals surface area (Å²) in [4.78, 5) is 20.6. The molecule has 0 saturated heterocycles. The molecule has 0 atom stereocenters. The van der Waals surface area contributed by atoms with Gasteiger partial charge in [-0.05, 0) is 37.0 Å². The van der Waals surface area contributed by atoms with Crippen molar-refractivity contribution in [2.75, 3.05) is 5.32 Å². The molecule has 0 spiro atoms. The molecular formula is C19H15BN4O. The molecule has 6 heteroatoms. The zero-order valence-electron chi connectivity index (χ0n) is 13.5. The first-order valence-corrected chi connectivity index (χ1v) is 8.20. The number of aromatic amines is 1. The van der Waals surface area contributed by atoms with Gasteiger partial charge in [-0.3, -0.25) is 4.98 Å². The maximum atomic E-state index is 12.8. The Bertz CT molecular complexity index is 960. The molecule has 0 aliphatic carbocycles. The number of carbonyl (C=O) groups is 1. The molecule has 2 N–H and O–H groups in total. The van der Waals surface area contributed by atoms with Crippen molar-refractivity contribution in [1.82, 2.24) is 9.97 Å². The van der Waals surface area contributed by atoms with Gasteiger partial charge < -0.3 is 15.1 Å². The molecule has 0 bridgehead atoms. The number of nitrogens with zero attached hydrogens (tertiary/aromatic N) is 2. The van der Waals surface area contributed by atoms with Gasteiger partial charge in [0, 0.05) is 23.5 Å². The minimum absolute atomic E-state index is 0.124. The van der Waals surface area contributed by atoms with Gasteiger partial charge in [0.1, 0.15) is 5.68 Å². The van der Waals surface area contributed by atoms with E-state index >= 15 is 0 Å². The number of anilines is 2. The van der Waals surface area contributed by atoms with Gasteiger partial charge in [-0.2, -0.15) is 0 Å². The first kappa shape index (κ1) is 15.2. The fraction of sp³-hybridized carbons (Fsp3) is 0.105. The second kappa shape index (κ2) is 6.29. The molecule has 0 unspecified atom stereocenters. The lowest BCUT2D eigenvalue weighted by Gasteiger charge is -2.15. The Labute approximate surface area is 145 Å². The van der Waals surface area contributed by atoms with E-state index in [1.807, 2.05) is 48.5 Å². The Morgan fingerprint density at radius 3 is 2.68 bits per heavy atom. The van der Waals surface area contributed by atoms with E-state index in [0.29, 0.717) is 24.0 Å². The highest BCUT2D eigenvalue weighted by molar-refractivity contribution is 6.98. The van der Waals surface area contributed by atoms with Crippen molar-refractivity contribution in [2.45, 2.75) is 12.7 Å². The summed E-state index contributed by atoms with van der Waals surface area (Å²) in [6, 6.07) is 15.4. The Morgan fingerprint density at radius 1 is 1.16 bits per heavy atom. The number of pyridine rings is 1. The number of rotatable bonds is 3. The molecule has 0 saturated carbocycles. The molecule has 2 aromatic heterocycles. The Hall–Kier alpha value is -3.33. The van der Waals surface area contributed by atoms with E-state index in [0.717, 1.165) is 22.8 Å². The Kier molecular flexibility index (Phi) is 3.83. The highest BCUT2D eigenvalue weighted by atomic mass is 16.1. The molecule has 0 radical (unpaired) electrons. The maximum Gasteiger partial charge on any atom is 0.351 e. The summed E-state index contributed by atoms with van der Waals surface area (Å²) in [6.07, 6.45) is 2.95. The number of H-pyrrole nitrogens is 1. The quantitative estimate of drug-likeness (QED) is 0.720. The van der Waals surface area contributed by atoms with E-state index in [1.54, 1.807) is 6.20 Å². The summed E-state index contributed by atoms with van der Waals surface area (Å²) >= 11 is 0. The molecule has 25 heavy (non-hydrogen) atoms. The van der Waals surface area contributed by atoms with Crippen LogP contribution in [0.5, 0.6) is 0 Å².